The Morgan fingerprint density at radius 1 is 1.38 bits per heavy atom. The minimum Gasteiger partial charge on any atom is -0.334 e. The van der Waals surface area contributed by atoms with E-state index in [1.807, 2.05) is 7.05 Å². The highest BCUT2D eigenvalue weighted by atomic mass is 35.5. The molecule has 1 aromatic heterocycles. The van der Waals surface area contributed by atoms with E-state index in [-0.39, 0.29) is 29.9 Å². The maximum absolute atomic E-state index is 13.7. The number of piperazine rings is 1. The van der Waals surface area contributed by atoms with E-state index in [0.29, 0.717) is 12.4 Å². The van der Waals surface area contributed by atoms with Gasteiger partial charge in [-0.3, -0.25) is 4.90 Å². The number of halogens is 3. The molecule has 2 aromatic rings. The summed E-state index contributed by atoms with van der Waals surface area (Å²) in [5, 5.41) is 7.12. The van der Waals surface area contributed by atoms with Gasteiger partial charge in [-0.2, -0.15) is 4.98 Å². The third-order valence-electron chi connectivity index (χ3n) is 3.43. The molecule has 2 heterocycles. The summed E-state index contributed by atoms with van der Waals surface area (Å²) in [4.78, 5) is 6.28. The summed E-state index contributed by atoms with van der Waals surface area (Å²) >= 11 is 0. The molecular weight excluding hydrogens is 302 g/mol. The van der Waals surface area contributed by atoms with Gasteiger partial charge < -0.3 is 9.84 Å². The van der Waals surface area contributed by atoms with Crippen LogP contribution >= 0.6 is 12.4 Å². The van der Waals surface area contributed by atoms with Crippen molar-refractivity contribution in [2.45, 2.75) is 6.04 Å². The minimum absolute atomic E-state index is 0. The third-order valence-corrected chi connectivity index (χ3v) is 3.43. The molecule has 1 unspecified atom stereocenters. The normalized spacial score (nSPS) is 19.3. The molecule has 3 rings (SSSR count). The molecule has 1 atom stereocenters. The summed E-state index contributed by atoms with van der Waals surface area (Å²) in [6.07, 6.45) is 0. The van der Waals surface area contributed by atoms with Crippen LogP contribution in [-0.4, -0.2) is 41.7 Å². The van der Waals surface area contributed by atoms with Crippen molar-refractivity contribution >= 4 is 12.4 Å². The van der Waals surface area contributed by atoms with Crippen molar-refractivity contribution in [3.05, 3.63) is 35.7 Å². The van der Waals surface area contributed by atoms with E-state index in [9.17, 15) is 8.78 Å². The predicted molar refractivity (Wildman–Crippen MR) is 75.1 cm³/mol. The van der Waals surface area contributed by atoms with Gasteiger partial charge in [0.15, 0.2) is 17.5 Å². The van der Waals surface area contributed by atoms with Crippen molar-refractivity contribution in [1.29, 1.82) is 0 Å². The second-order valence-corrected chi connectivity index (χ2v) is 4.76. The molecular formula is C13H15ClF2N4O. The Kier molecular flexibility index (Phi) is 4.87. The van der Waals surface area contributed by atoms with Gasteiger partial charge in [-0.05, 0) is 19.2 Å². The monoisotopic (exact) mass is 316 g/mol. The van der Waals surface area contributed by atoms with Crippen LogP contribution in [0.4, 0.5) is 8.78 Å². The van der Waals surface area contributed by atoms with Crippen molar-refractivity contribution in [2.24, 2.45) is 0 Å². The van der Waals surface area contributed by atoms with Crippen LogP contribution in [0.1, 0.15) is 11.9 Å². The summed E-state index contributed by atoms with van der Waals surface area (Å²) in [5.74, 6) is -1.44. The molecule has 5 nitrogen and oxygen atoms in total. The number of benzene rings is 1. The summed E-state index contributed by atoms with van der Waals surface area (Å²) in [5.41, 5.74) is -0.0184. The fraction of sp³-hybridized carbons (Fsp3) is 0.385. The van der Waals surface area contributed by atoms with Crippen LogP contribution in [0.15, 0.2) is 22.7 Å². The maximum Gasteiger partial charge on any atom is 0.261 e. The van der Waals surface area contributed by atoms with E-state index in [4.69, 9.17) is 4.52 Å². The molecule has 0 saturated carbocycles. The van der Waals surface area contributed by atoms with Crippen LogP contribution < -0.4 is 5.32 Å². The number of rotatable bonds is 2. The van der Waals surface area contributed by atoms with Crippen molar-refractivity contribution in [1.82, 2.24) is 20.4 Å². The van der Waals surface area contributed by atoms with Gasteiger partial charge in [0.25, 0.3) is 5.89 Å². The van der Waals surface area contributed by atoms with Crippen molar-refractivity contribution in [3.8, 4) is 11.5 Å². The predicted octanol–water partition coefficient (Wildman–Crippen LogP) is 2.01. The number of aromatic nitrogens is 2. The van der Waals surface area contributed by atoms with Gasteiger partial charge in [0, 0.05) is 19.6 Å². The average Bonchev–Trinajstić information content (AvgIpc) is 2.92. The molecule has 1 aliphatic rings. The summed E-state index contributed by atoms with van der Waals surface area (Å²) < 4.78 is 32.0. The molecule has 0 aliphatic carbocycles. The number of likely N-dealkylation sites (N-methyl/N-ethyl adjacent to an activating group) is 1. The molecule has 21 heavy (non-hydrogen) atoms. The highest BCUT2D eigenvalue weighted by Crippen LogP contribution is 2.25. The minimum atomic E-state index is -0.974. The lowest BCUT2D eigenvalue weighted by atomic mass is 10.2. The van der Waals surface area contributed by atoms with E-state index in [2.05, 4.69) is 20.4 Å². The molecule has 1 saturated heterocycles. The zero-order chi connectivity index (χ0) is 14.1. The highest BCUT2D eigenvalue weighted by molar-refractivity contribution is 5.85. The number of hydrogen-bond acceptors (Lipinski definition) is 5. The fourth-order valence-corrected chi connectivity index (χ4v) is 2.24. The van der Waals surface area contributed by atoms with Gasteiger partial charge in [0.05, 0.1) is 11.6 Å². The molecule has 1 N–H and O–H groups in total. The number of hydrogen-bond donors (Lipinski definition) is 1. The van der Waals surface area contributed by atoms with Crippen LogP contribution in [0.3, 0.4) is 0 Å². The van der Waals surface area contributed by atoms with Gasteiger partial charge in [-0.25, -0.2) is 8.78 Å². The molecule has 0 spiro atoms. The van der Waals surface area contributed by atoms with Crippen LogP contribution in [0.5, 0.6) is 0 Å². The molecule has 8 heteroatoms. The maximum atomic E-state index is 13.7. The Labute approximate surface area is 126 Å². The highest BCUT2D eigenvalue weighted by Gasteiger charge is 2.26. The average molecular weight is 317 g/mol. The molecule has 0 amide bonds. The Hall–Kier alpha value is -1.57. The first-order chi connectivity index (χ1) is 9.66. The molecule has 0 bridgehead atoms. The van der Waals surface area contributed by atoms with E-state index < -0.39 is 11.6 Å². The Morgan fingerprint density at radius 3 is 2.95 bits per heavy atom. The van der Waals surface area contributed by atoms with E-state index in [1.54, 1.807) is 0 Å². The summed E-state index contributed by atoms with van der Waals surface area (Å²) in [7, 11) is 1.96. The van der Waals surface area contributed by atoms with E-state index >= 15 is 0 Å². The summed E-state index contributed by atoms with van der Waals surface area (Å²) in [6, 6.07) is 3.84. The Balaban J connectivity index is 0.00000161. The van der Waals surface area contributed by atoms with Gasteiger partial charge in [-0.15, -0.1) is 12.4 Å². The number of nitrogens with zero attached hydrogens (tertiary/aromatic N) is 3. The standard InChI is InChI=1S/C13H14F2N4O.ClH/c1-19-6-5-16-7-10(19)12-17-13(20-18-12)8-3-2-4-9(14)11(8)15;/h2-4,10,16H,5-7H2,1H3;1H. The Morgan fingerprint density at radius 2 is 2.19 bits per heavy atom. The van der Waals surface area contributed by atoms with Gasteiger partial charge in [0.2, 0.25) is 0 Å². The van der Waals surface area contributed by atoms with Gasteiger partial charge in [-0.1, -0.05) is 11.2 Å². The lowest BCUT2D eigenvalue weighted by molar-refractivity contribution is 0.190. The quantitative estimate of drug-likeness (QED) is 0.918. The third kappa shape index (κ3) is 3.04. The second-order valence-electron chi connectivity index (χ2n) is 4.76. The second kappa shape index (κ2) is 6.46. The fourth-order valence-electron chi connectivity index (χ4n) is 2.24. The molecule has 1 aromatic carbocycles. The topological polar surface area (TPSA) is 54.2 Å². The smallest absolute Gasteiger partial charge is 0.261 e. The first-order valence-corrected chi connectivity index (χ1v) is 6.36. The first kappa shape index (κ1) is 15.8. The van der Waals surface area contributed by atoms with Crippen LogP contribution in [0, 0.1) is 11.6 Å². The Bertz CT molecular complexity index is 622. The van der Waals surface area contributed by atoms with E-state index in [1.165, 1.54) is 12.1 Å². The van der Waals surface area contributed by atoms with Gasteiger partial charge in [0.1, 0.15) is 0 Å². The van der Waals surface area contributed by atoms with Crippen molar-refractivity contribution in [3.63, 3.8) is 0 Å². The zero-order valence-corrected chi connectivity index (χ0v) is 12.2. The molecule has 1 aliphatic heterocycles. The van der Waals surface area contributed by atoms with Crippen molar-refractivity contribution in [2.75, 3.05) is 26.7 Å². The van der Waals surface area contributed by atoms with Crippen LogP contribution in [0.25, 0.3) is 11.5 Å². The van der Waals surface area contributed by atoms with E-state index in [0.717, 1.165) is 19.2 Å². The molecule has 1 fully saturated rings. The molecule has 0 radical (unpaired) electrons. The SMILES string of the molecule is CN1CCNCC1c1noc(-c2cccc(F)c2F)n1.Cl. The van der Waals surface area contributed by atoms with Crippen LogP contribution in [-0.2, 0) is 0 Å². The largest absolute Gasteiger partial charge is 0.334 e. The summed E-state index contributed by atoms with van der Waals surface area (Å²) in [6.45, 7) is 2.46. The molecule has 114 valence electrons. The number of nitrogens with one attached hydrogen (secondary N) is 1. The lowest BCUT2D eigenvalue weighted by Crippen LogP contribution is -2.44. The van der Waals surface area contributed by atoms with Gasteiger partial charge >= 0.3 is 0 Å². The van der Waals surface area contributed by atoms with Crippen LogP contribution in [0.2, 0.25) is 0 Å². The first-order valence-electron chi connectivity index (χ1n) is 6.36. The lowest BCUT2D eigenvalue weighted by Gasteiger charge is -2.30. The zero-order valence-electron chi connectivity index (χ0n) is 11.3. The van der Waals surface area contributed by atoms with Crippen molar-refractivity contribution < 1.29 is 13.3 Å².